The van der Waals surface area contributed by atoms with Crippen LogP contribution in [0.25, 0.3) is 0 Å². The molecule has 0 bridgehead atoms. The van der Waals surface area contributed by atoms with E-state index in [0.29, 0.717) is 11.6 Å². The summed E-state index contributed by atoms with van der Waals surface area (Å²) in [6.07, 6.45) is 0. The Labute approximate surface area is 125 Å². The number of nitrogens with zero attached hydrogens (tertiary/aromatic N) is 1. The lowest BCUT2D eigenvalue weighted by Gasteiger charge is -2.42. The molecule has 0 saturated carbocycles. The zero-order valence-corrected chi connectivity index (χ0v) is 13.0. The Kier molecular flexibility index (Phi) is 4.68. The van der Waals surface area contributed by atoms with Crippen LogP contribution < -0.4 is 10.6 Å². The Morgan fingerprint density at radius 1 is 1.50 bits per heavy atom. The van der Waals surface area contributed by atoms with Gasteiger partial charge in [-0.3, -0.25) is 9.69 Å². The molecule has 0 aromatic heterocycles. The lowest BCUT2D eigenvalue weighted by atomic mass is 10.0. The van der Waals surface area contributed by atoms with E-state index in [-0.39, 0.29) is 11.4 Å². The molecule has 20 heavy (non-hydrogen) atoms. The van der Waals surface area contributed by atoms with E-state index in [4.69, 9.17) is 11.6 Å². The molecular formula is C15H22ClN3O. The van der Waals surface area contributed by atoms with Crippen molar-refractivity contribution >= 4 is 23.2 Å². The van der Waals surface area contributed by atoms with Crippen molar-refractivity contribution in [2.24, 2.45) is 0 Å². The fourth-order valence-electron chi connectivity index (χ4n) is 2.45. The first kappa shape index (κ1) is 15.3. The number of piperazine rings is 1. The normalized spacial score (nSPS) is 18.8. The van der Waals surface area contributed by atoms with Gasteiger partial charge in [-0.1, -0.05) is 11.6 Å². The minimum Gasteiger partial charge on any atom is -0.325 e. The number of carbonyl (C=O) groups excluding carboxylic acids is 1. The van der Waals surface area contributed by atoms with Crippen LogP contribution in [-0.4, -0.2) is 42.5 Å². The second kappa shape index (κ2) is 6.12. The van der Waals surface area contributed by atoms with Crippen molar-refractivity contribution in [1.82, 2.24) is 10.2 Å². The van der Waals surface area contributed by atoms with Gasteiger partial charge in [-0.05, 0) is 44.5 Å². The van der Waals surface area contributed by atoms with Crippen molar-refractivity contribution in [3.05, 3.63) is 28.8 Å². The number of rotatable bonds is 3. The molecule has 1 heterocycles. The molecule has 1 saturated heterocycles. The Morgan fingerprint density at radius 3 is 2.90 bits per heavy atom. The van der Waals surface area contributed by atoms with Crippen molar-refractivity contribution in [1.29, 1.82) is 0 Å². The van der Waals surface area contributed by atoms with Crippen LogP contribution in [0.4, 0.5) is 5.69 Å². The monoisotopic (exact) mass is 295 g/mol. The van der Waals surface area contributed by atoms with Gasteiger partial charge >= 0.3 is 0 Å². The summed E-state index contributed by atoms with van der Waals surface area (Å²) < 4.78 is 0. The van der Waals surface area contributed by atoms with E-state index in [1.807, 2.05) is 19.1 Å². The van der Waals surface area contributed by atoms with Crippen LogP contribution in [0.5, 0.6) is 0 Å². The molecule has 0 unspecified atom stereocenters. The molecule has 110 valence electrons. The number of aryl methyl sites for hydroxylation is 1. The number of halogens is 1. The van der Waals surface area contributed by atoms with Gasteiger partial charge in [-0.2, -0.15) is 0 Å². The molecule has 1 aliphatic heterocycles. The molecule has 1 aromatic carbocycles. The van der Waals surface area contributed by atoms with Crippen LogP contribution in [0.3, 0.4) is 0 Å². The average Bonchev–Trinajstić information content (AvgIpc) is 2.35. The van der Waals surface area contributed by atoms with Crippen LogP contribution in [0.15, 0.2) is 18.2 Å². The van der Waals surface area contributed by atoms with Crippen molar-refractivity contribution < 1.29 is 4.79 Å². The first-order valence-electron chi connectivity index (χ1n) is 6.90. The maximum atomic E-state index is 12.2. The molecule has 0 radical (unpaired) electrons. The second-order valence-electron chi connectivity index (χ2n) is 5.92. The highest BCUT2D eigenvalue weighted by Gasteiger charge is 2.30. The number of hydrogen-bond acceptors (Lipinski definition) is 3. The lowest BCUT2D eigenvalue weighted by molar-refractivity contribution is -0.119. The van der Waals surface area contributed by atoms with Gasteiger partial charge in [0.1, 0.15) is 0 Å². The quantitative estimate of drug-likeness (QED) is 0.899. The van der Waals surface area contributed by atoms with Gasteiger partial charge in [0.15, 0.2) is 0 Å². The standard InChI is InChI=1S/C15H22ClN3O/c1-11-8-12(16)4-5-13(11)18-14(20)9-19-7-6-17-10-15(19,2)3/h4-5,8,17H,6-7,9-10H2,1-3H3,(H,18,20). The molecule has 1 fully saturated rings. The Balaban J connectivity index is 1.98. The Bertz CT molecular complexity index is 502. The van der Waals surface area contributed by atoms with Gasteiger partial charge in [-0.25, -0.2) is 0 Å². The first-order valence-corrected chi connectivity index (χ1v) is 7.28. The minimum absolute atomic E-state index is 0.00459. The summed E-state index contributed by atoms with van der Waals surface area (Å²) in [6.45, 7) is 9.38. The third kappa shape index (κ3) is 3.72. The lowest BCUT2D eigenvalue weighted by Crippen LogP contribution is -2.59. The third-order valence-electron chi connectivity index (χ3n) is 3.77. The van der Waals surface area contributed by atoms with Crippen molar-refractivity contribution in [3.8, 4) is 0 Å². The molecule has 1 aromatic rings. The van der Waals surface area contributed by atoms with Gasteiger partial charge in [-0.15, -0.1) is 0 Å². The van der Waals surface area contributed by atoms with E-state index >= 15 is 0 Å². The van der Waals surface area contributed by atoms with E-state index in [1.54, 1.807) is 6.07 Å². The fraction of sp³-hybridized carbons (Fsp3) is 0.533. The second-order valence-corrected chi connectivity index (χ2v) is 6.35. The van der Waals surface area contributed by atoms with Gasteiger partial charge in [0, 0.05) is 35.9 Å². The van der Waals surface area contributed by atoms with E-state index in [2.05, 4.69) is 29.4 Å². The summed E-state index contributed by atoms with van der Waals surface area (Å²) in [5.74, 6) is 0.0189. The molecular weight excluding hydrogens is 274 g/mol. The summed E-state index contributed by atoms with van der Waals surface area (Å²) in [4.78, 5) is 14.4. The average molecular weight is 296 g/mol. The predicted octanol–water partition coefficient (Wildman–Crippen LogP) is 2.27. The largest absolute Gasteiger partial charge is 0.325 e. The summed E-state index contributed by atoms with van der Waals surface area (Å²) in [5, 5.41) is 7.00. The number of amides is 1. The molecule has 0 spiro atoms. The van der Waals surface area contributed by atoms with Crippen LogP contribution in [0, 0.1) is 6.92 Å². The van der Waals surface area contributed by atoms with Gasteiger partial charge < -0.3 is 10.6 Å². The summed E-state index contributed by atoms with van der Waals surface area (Å²) in [5.41, 5.74) is 1.81. The SMILES string of the molecule is Cc1cc(Cl)ccc1NC(=O)CN1CCNCC1(C)C. The maximum absolute atomic E-state index is 12.2. The highest BCUT2D eigenvalue weighted by atomic mass is 35.5. The number of benzene rings is 1. The zero-order chi connectivity index (χ0) is 14.8. The minimum atomic E-state index is 0.00459. The summed E-state index contributed by atoms with van der Waals surface area (Å²) >= 11 is 5.92. The molecule has 1 aliphatic rings. The highest BCUT2D eigenvalue weighted by molar-refractivity contribution is 6.30. The van der Waals surface area contributed by atoms with Gasteiger partial charge in [0.05, 0.1) is 6.54 Å². The Hall–Kier alpha value is -1.10. The smallest absolute Gasteiger partial charge is 0.238 e. The molecule has 2 N–H and O–H groups in total. The molecule has 4 nitrogen and oxygen atoms in total. The number of hydrogen-bond donors (Lipinski definition) is 2. The van der Waals surface area contributed by atoms with Crippen LogP contribution in [0.2, 0.25) is 5.02 Å². The van der Waals surface area contributed by atoms with Crippen molar-refractivity contribution in [2.45, 2.75) is 26.3 Å². The Morgan fingerprint density at radius 2 is 2.25 bits per heavy atom. The molecule has 5 heteroatoms. The molecule has 0 atom stereocenters. The van der Waals surface area contributed by atoms with E-state index in [1.165, 1.54) is 0 Å². The van der Waals surface area contributed by atoms with E-state index in [9.17, 15) is 4.79 Å². The fourth-order valence-corrected chi connectivity index (χ4v) is 2.67. The van der Waals surface area contributed by atoms with E-state index < -0.39 is 0 Å². The maximum Gasteiger partial charge on any atom is 0.238 e. The molecule has 0 aliphatic carbocycles. The van der Waals surface area contributed by atoms with E-state index in [0.717, 1.165) is 30.9 Å². The number of nitrogens with one attached hydrogen (secondary N) is 2. The first-order chi connectivity index (χ1) is 9.38. The summed E-state index contributed by atoms with van der Waals surface area (Å²) in [6, 6.07) is 5.49. The van der Waals surface area contributed by atoms with Gasteiger partial charge in [0.2, 0.25) is 5.91 Å². The van der Waals surface area contributed by atoms with Gasteiger partial charge in [0.25, 0.3) is 0 Å². The van der Waals surface area contributed by atoms with Crippen LogP contribution in [0.1, 0.15) is 19.4 Å². The highest BCUT2D eigenvalue weighted by Crippen LogP contribution is 2.20. The molecule has 2 rings (SSSR count). The number of anilines is 1. The van der Waals surface area contributed by atoms with Crippen LogP contribution >= 0.6 is 11.6 Å². The zero-order valence-electron chi connectivity index (χ0n) is 12.3. The summed E-state index contributed by atoms with van der Waals surface area (Å²) in [7, 11) is 0. The molecule has 1 amide bonds. The number of carbonyl (C=O) groups is 1. The predicted molar refractivity (Wildman–Crippen MR) is 83.3 cm³/mol. The van der Waals surface area contributed by atoms with Crippen LogP contribution in [-0.2, 0) is 4.79 Å². The topological polar surface area (TPSA) is 44.4 Å². The van der Waals surface area contributed by atoms with Crippen molar-refractivity contribution in [2.75, 3.05) is 31.5 Å². The van der Waals surface area contributed by atoms with Crippen molar-refractivity contribution in [3.63, 3.8) is 0 Å². The third-order valence-corrected chi connectivity index (χ3v) is 4.00.